The zero-order valence-corrected chi connectivity index (χ0v) is 25.2. The van der Waals surface area contributed by atoms with Gasteiger partial charge in [-0.05, 0) is 36.1 Å². The molecule has 1 saturated heterocycles. The minimum atomic E-state index is -1.17. The lowest BCUT2D eigenvalue weighted by molar-refractivity contribution is -0.260. The fourth-order valence-corrected chi connectivity index (χ4v) is 4.98. The van der Waals surface area contributed by atoms with Crippen LogP contribution in [0, 0.1) is 0 Å². The number of carboxylic acid groups (broad SMARTS) is 1. The summed E-state index contributed by atoms with van der Waals surface area (Å²) in [5, 5.41) is 13.3. The zero-order chi connectivity index (χ0) is 31.9. The fraction of sp³-hybridized carbons (Fsp3) is 0.343. The predicted molar refractivity (Wildman–Crippen MR) is 167 cm³/mol. The van der Waals surface area contributed by atoms with Crippen molar-refractivity contribution in [2.45, 2.75) is 63.7 Å². The number of nitrogens with one attached hydrogen (secondary N) is 2. The Morgan fingerprint density at radius 3 is 1.71 bits per heavy atom. The molecule has 238 valence electrons. The first-order valence-corrected chi connectivity index (χ1v) is 14.9. The van der Waals surface area contributed by atoms with Crippen LogP contribution in [0.3, 0.4) is 0 Å². The first kappa shape index (κ1) is 33.5. The van der Waals surface area contributed by atoms with Crippen molar-refractivity contribution in [1.29, 1.82) is 0 Å². The highest BCUT2D eigenvalue weighted by Crippen LogP contribution is 2.32. The fourth-order valence-electron chi connectivity index (χ4n) is 4.98. The maximum absolute atomic E-state index is 12.4. The Morgan fingerprint density at radius 2 is 1.20 bits per heavy atom. The number of hydrogen-bond acceptors (Lipinski definition) is 7. The lowest BCUT2D eigenvalue weighted by atomic mass is 9.92. The Morgan fingerprint density at radius 1 is 0.711 bits per heavy atom. The van der Waals surface area contributed by atoms with Gasteiger partial charge in [-0.15, -0.1) is 0 Å². The molecule has 1 aliphatic heterocycles. The molecule has 3 N–H and O–H groups in total. The molecule has 1 aliphatic rings. The largest absolute Gasteiger partial charge is 0.480 e. The van der Waals surface area contributed by atoms with Crippen LogP contribution in [0.25, 0.3) is 0 Å². The number of hydrogen-bond donors (Lipinski definition) is 3. The molecular formula is C35H40N2O8. The van der Waals surface area contributed by atoms with Crippen LogP contribution < -0.4 is 10.6 Å². The lowest BCUT2D eigenvalue weighted by Crippen LogP contribution is -2.59. The summed E-state index contributed by atoms with van der Waals surface area (Å²) < 4.78 is 26.0. The molecule has 0 radical (unpaired) electrons. The van der Waals surface area contributed by atoms with Gasteiger partial charge in [-0.2, -0.15) is 0 Å². The second kappa shape index (κ2) is 17.8. The number of carbonyl (C=O) groups is 3. The molecule has 1 heterocycles. The Kier molecular flexibility index (Phi) is 13.3. The highest BCUT2D eigenvalue weighted by Gasteiger charge is 2.46. The van der Waals surface area contributed by atoms with E-state index in [1.165, 1.54) is 6.08 Å². The third-order valence-electron chi connectivity index (χ3n) is 7.22. The van der Waals surface area contributed by atoms with Gasteiger partial charge in [0.2, 0.25) is 11.8 Å². The van der Waals surface area contributed by atoms with Gasteiger partial charge in [0, 0.05) is 0 Å². The highest BCUT2D eigenvalue weighted by atomic mass is 16.6. The van der Waals surface area contributed by atoms with E-state index in [-0.39, 0.29) is 12.6 Å². The number of amides is 2. The lowest BCUT2D eigenvalue weighted by Gasteiger charge is -2.45. The average molecular weight is 617 g/mol. The summed E-state index contributed by atoms with van der Waals surface area (Å²) in [6.45, 7) is 2.14. The maximum atomic E-state index is 12.4. The van der Waals surface area contributed by atoms with E-state index in [1.54, 1.807) is 6.08 Å². The first-order chi connectivity index (χ1) is 21.9. The van der Waals surface area contributed by atoms with Crippen molar-refractivity contribution in [3.8, 4) is 0 Å². The van der Waals surface area contributed by atoms with E-state index in [4.69, 9.17) is 24.1 Å². The molecule has 10 heteroatoms. The minimum Gasteiger partial charge on any atom is -0.480 e. The van der Waals surface area contributed by atoms with E-state index in [9.17, 15) is 14.4 Å². The molecule has 5 atom stereocenters. The van der Waals surface area contributed by atoms with Crippen molar-refractivity contribution in [2.24, 2.45) is 0 Å². The molecule has 3 aromatic rings. The zero-order valence-electron chi connectivity index (χ0n) is 25.2. The molecule has 10 nitrogen and oxygen atoms in total. The van der Waals surface area contributed by atoms with Crippen LogP contribution in [0.5, 0.6) is 0 Å². The molecule has 0 aliphatic carbocycles. The molecule has 0 unspecified atom stereocenters. The van der Waals surface area contributed by atoms with Crippen LogP contribution in [0.15, 0.2) is 103 Å². The Balaban J connectivity index is 1.49. The number of ether oxygens (including phenoxy) is 4. The summed E-state index contributed by atoms with van der Waals surface area (Å²) in [5.74, 6) is -2.26. The normalized spacial score (nSPS) is 21.3. The Hall–Kier alpha value is -4.35. The number of benzene rings is 3. The van der Waals surface area contributed by atoms with Gasteiger partial charge in [0.15, 0.2) is 0 Å². The number of carboxylic acids is 1. The Bertz CT molecular complexity index is 1370. The van der Waals surface area contributed by atoms with E-state index >= 15 is 0 Å². The number of carbonyl (C=O) groups excluding carboxylic acids is 2. The van der Waals surface area contributed by atoms with Crippen molar-refractivity contribution in [3.63, 3.8) is 0 Å². The topological polar surface area (TPSA) is 132 Å². The molecular weight excluding hydrogens is 576 g/mol. The van der Waals surface area contributed by atoms with Gasteiger partial charge in [-0.25, -0.2) is 0 Å². The third-order valence-corrected chi connectivity index (χ3v) is 7.22. The summed E-state index contributed by atoms with van der Waals surface area (Å²) >= 11 is 0. The van der Waals surface area contributed by atoms with E-state index < -0.39 is 48.7 Å². The molecule has 0 saturated carbocycles. The summed E-state index contributed by atoms with van der Waals surface area (Å²) in [7, 11) is 0. The highest BCUT2D eigenvalue weighted by molar-refractivity contribution is 5.91. The van der Waals surface area contributed by atoms with E-state index in [0.29, 0.717) is 26.2 Å². The van der Waals surface area contributed by atoms with Gasteiger partial charge < -0.3 is 34.7 Å². The molecule has 45 heavy (non-hydrogen) atoms. The third kappa shape index (κ3) is 11.3. The molecule has 0 spiro atoms. The summed E-state index contributed by atoms with van der Waals surface area (Å²) in [6, 6.07) is 29.6. The van der Waals surface area contributed by atoms with Crippen LogP contribution in [0.4, 0.5) is 0 Å². The SMILES string of the molecule is C[C@@H]1O[C@H](C/C=C/C(=O)NCC(=O)NCC(=O)O)[C@@H](OCc2ccccc2)[C@H](OCc2ccccc2)[C@@H]1OCc1ccccc1. The number of rotatable bonds is 16. The van der Waals surface area contributed by atoms with E-state index in [0.717, 1.165) is 16.7 Å². The molecule has 3 aromatic carbocycles. The second-order valence-electron chi connectivity index (χ2n) is 10.7. The van der Waals surface area contributed by atoms with Crippen LogP contribution in [-0.4, -0.2) is 66.5 Å². The van der Waals surface area contributed by atoms with E-state index in [2.05, 4.69) is 10.6 Å². The summed E-state index contributed by atoms with van der Waals surface area (Å²) in [6.07, 6.45) is 1.03. The van der Waals surface area contributed by atoms with Gasteiger partial charge in [0.25, 0.3) is 0 Å². The van der Waals surface area contributed by atoms with Crippen molar-refractivity contribution < 1.29 is 38.4 Å². The first-order valence-electron chi connectivity index (χ1n) is 14.9. The Labute approximate surface area is 263 Å². The molecule has 1 fully saturated rings. The summed E-state index contributed by atoms with van der Waals surface area (Å²) in [4.78, 5) is 34.7. The average Bonchev–Trinajstić information content (AvgIpc) is 3.06. The van der Waals surface area contributed by atoms with Gasteiger partial charge in [-0.3, -0.25) is 14.4 Å². The van der Waals surface area contributed by atoms with Crippen molar-refractivity contribution in [1.82, 2.24) is 10.6 Å². The van der Waals surface area contributed by atoms with Gasteiger partial charge in [0.05, 0.1) is 38.6 Å². The molecule has 0 aromatic heterocycles. The van der Waals surface area contributed by atoms with Crippen molar-refractivity contribution >= 4 is 17.8 Å². The molecule has 0 bridgehead atoms. The minimum absolute atomic E-state index is 0.325. The van der Waals surface area contributed by atoms with Crippen LogP contribution in [-0.2, 0) is 53.2 Å². The standard InChI is InChI=1S/C35H40N2O8/c1-25-33(42-22-26-12-5-2-6-13-26)35(44-24-28-16-9-4-10-17-28)34(43-23-27-14-7-3-8-15-27)29(45-25)18-11-19-30(38)36-20-31(39)37-21-32(40)41/h2-17,19,25,29,33-35H,18,20-24H2,1H3,(H,36,38)(H,37,39)(H,40,41)/b19-11+/t25-,29+,33+,34+,35+/m0/s1. The monoisotopic (exact) mass is 616 g/mol. The number of aliphatic carboxylic acids is 1. The van der Waals surface area contributed by atoms with Crippen LogP contribution >= 0.6 is 0 Å². The van der Waals surface area contributed by atoms with Crippen LogP contribution in [0.2, 0.25) is 0 Å². The summed E-state index contributed by atoms with van der Waals surface area (Å²) in [5.41, 5.74) is 3.04. The predicted octanol–water partition coefficient (Wildman–Crippen LogP) is 3.79. The molecule has 2 amide bonds. The quantitative estimate of drug-likeness (QED) is 0.207. The second-order valence-corrected chi connectivity index (χ2v) is 10.7. The van der Waals surface area contributed by atoms with Gasteiger partial charge in [-0.1, -0.05) is 97.1 Å². The van der Waals surface area contributed by atoms with Crippen molar-refractivity contribution in [3.05, 3.63) is 120 Å². The maximum Gasteiger partial charge on any atom is 0.322 e. The molecule has 4 rings (SSSR count). The van der Waals surface area contributed by atoms with E-state index in [1.807, 2.05) is 97.9 Å². The van der Waals surface area contributed by atoms with Crippen molar-refractivity contribution in [2.75, 3.05) is 13.1 Å². The van der Waals surface area contributed by atoms with Gasteiger partial charge >= 0.3 is 5.97 Å². The van der Waals surface area contributed by atoms with Gasteiger partial charge in [0.1, 0.15) is 24.9 Å². The smallest absolute Gasteiger partial charge is 0.322 e. The van der Waals surface area contributed by atoms with Crippen LogP contribution in [0.1, 0.15) is 30.0 Å².